The van der Waals surface area contributed by atoms with Crippen molar-refractivity contribution in [3.8, 4) is 0 Å². The summed E-state index contributed by atoms with van der Waals surface area (Å²) in [6.45, 7) is 2.02. The summed E-state index contributed by atoms with van der Waals surface area (Å²) in [4.78, 5) is 5.57. The van der Waals surface area contributed by atoms with E-state index in [-0.39, 0.29) is 6.04 Å². The van der Waals surface area contributed by atoms with Crippen molar-refractivity contribution in [2.45, 2.75) is 25.6 Å². The number of nitrogens with one attached hydrogen (secondary N) is 1. The van der Waals surface area contributed by atoms with Crippen molar-refractivity contribution in [3.63, 3.8) is 0 Å². The zero-order valence-electron chi connectivity index (χ0n) is 10.2. The summed E-state index contributed by atoms with van der Waals surface area (Å²) in [5.74, 6) is 0.730. The fourth-order valence-electron chi connectivity index (χ4n) is 2.17. The Morgan fingerprint density at radius 2 is 2.28 bits per heavy atom. The Labute approximate surface area is 104 Å². The van der Waals surface area contributed by atoms with Gasteiger partial charge in [-0.3, -0.25) is 4.90 Å². The molecule has 100 valence electrons. The van der Waals surface area contributed by atoms with Crippen LogP contribution in [0.25, 0.3) is 0 Å². The van der Waals surface area contributed by atoms with Crippen LogP contribution in [0.1, 0.15) is 12.0 Å². The van der Waals surface area contributed by atoms with Gasteiger partial charge in [-0.05, 0) is 31.0 Å². The quantitative estimate of drug-likeness (QED) is 0.903. The molecule has 0 aromatic carbocycles. The number of rotatable bonds is 3. The van der Waals surface area contributed by atoms with Gasteiger partial charge < -0.3 is 5.32 Å². The molecule has 1 unspecified atom stereocenters. The van der Waals surface area contributed by atoms with Crippen LogP contribution in [0.5, 0.6) is 0 Å². The van der Waals surface area contributed by atoms with Gasteiger partial charge in [0, 0.05) is 25.3 Å². The van der Waals surface area contributed by atoms with Crippen molar-refractivity contribution < 1.29 is 13.2 Å². The predicted molar refractivity (Wildman–Crippen MR) is 63.5 cm³/mol. The van der Waals surface area contributed by atoms with Crippen LogP contribution in [-0.4, -0.2) is 41.7 Å². The van der Waals surface area contributed by atoms with E-state index in [1.54, 1.807) is 6.20 Å². The third-order valence-electron chi connectivity index (χ3n) is 2.94. The lowest BCUT2D eigenvalue weighted by atomic mass is 10.2. The van der Waals surface area contributed by atoms with Crippen LogP contribution >= 0.6 is 0 Å². The fourth-order valence-corrected chi connectivity index (χ4v) is 2.17. The molecule has 0 spiro atoms. The number of likely N-dealkylation sites (tertiary alicyclic amines) is 1. The molecule has 18 heavy (non-hydrogen) atoms. The van der Waals surface area contributed by atoms with Crippen molar-refractivity contribution in [1.82, 2.24) is 9.88 Å². The summed E-state index contributed by atoms with van der Waals surface area (Å²) >= 11 is 0. The molecule has 0 radical (unpaired) electrons. The number of aryl methyl sites for hydroxylation is 1. The molecular formula is C12H16F3N3. The SMILES string of the molecule is Cc1ccnc(NC2CCN(CC(F)(F)F)C2)c1. The first-order chi connectivity index (χ1) is 8.42. The number of hydrogen-bond acceptors (Lipinski definition) is 3. The molecule has 2 rings (SSSR count). The molecule has 2 heterocycles. The van der Waals surface area contributed by atoms with E-state index in [1.165, 1.54) is 4.90 Å². The van der Waals surface area contributed by atoms with Gasteiger partial charge in [0.05, 0.1) is 6.54 Å². The number of aromatic nitrogens is 1. The molecule has 1 aromatic rings. The van der Waals surface area contributed by atoms with Crippen LogP contribution in [0.3, 0.4) is 0 Å². The average Bonchev–Trinajstić information content (AvgIpc) is 2.62. The van der Waals surface area contributed by atoms with E-state index in [1.807, 2.05) is 19.1 Å². The van der Waals surface area contributed by atoms with E-state index in [0.29, 0.717) is 19.5 Å². The Morgan fingerprint density at radius 1 is 1.50 bits per heavy atom. The highest BCUT2D eigenvalue weighted by Crippen LogP contribution is 2.21. The lowest BCUT2D eigenvalue weighted by molar-refractivity contribution is -0.143. The van der Waals surface area contributed by atoms with Crippen LogP contribution in [0, 0.1) is 6.92 Å². The van der Waals surface area contributed by atoms with Gasteiger partial charge in [0.15, 0.2) is 0 Å². The maximum atomic E-state index is 12.2. The number of nitrogens with zero attached hydrogens (tertiary/aromatic N) is 2. The van der Waals surface area contributed by atoms with Gasteiger partial charge in [0.1, 0.15) is 5.82 Å². The second kappa shape index (κ2) is 5.14. The van der Waals surface area contributed by atoms with Gasteiger partial charge in [-0.25, -0.2) is 4.98 Å². The molecule has 1 N–H and O–H groups in total. The second-order valence-corrected chi connectivity index (χ2v) is 4.70. The molecule has 1 aliphatic rings. The van der Waals surface area contributed by atoms with Crippen LogP contribution < -0.4 is 5.32 Å². The van der Waals surface area contributed by atoms with E-state index in [9.17, 15) is 13.2 Å². The molecule has 3 nitrogen and oxygen atoms in total. The fraction of sp³-hybridized carbons (Fsp3) is 0.583. The Balaban J connectivity index is 1.86. The van der Waals surface area contributed by atoms with Crippen LogP contribution in [-0.2, 0) is 0 Å². The lowest BCUT2D eigenvalue weighted by Gasteiger charge is -2.18. The van der Waals surface area contributed by atoms with Crippen LogP contribution in [0.2, 0.25) is 0 Å². The molecule has 0 amide bonds. The first kappa shape index (κ1) is 13.1. The van der Waals surface area contributed by atoms with Gasteiger partial charge >= 0.3 is 6.18 Å². The number of halogens is 3. The summed E-state index contributed by atoms with van der Waals surface area (Å²) in [6.07, 6.45) is -1.71. The van der Waals surface area contributed by atoms with Crippen molar-refractivity contribution in [2.75, 3.05) is 25.0 Å². The highest BCUT2D eigenvalue weighted by Gasteiger charge is 2.34. The number of hydrogen-bond donors (Lipinski definition) is 1. The number of alkyl halides is 3. The lowest BCUT2D eigenvalue weighted by Crippen LogP contribution is -2.34. The highest BCUT2D eigenvalue weighted by atomic mass is 19.4. The van der Waals surface area contributed by atoms with Gasteiger partial charge in [-0.2, -0.15) is 13.2 Å². The minimum Gasteiger partial charge on any atom is -0.366 e. The largest absolute Gasteiger partial charge is 0.401 e. The molecule has 1 atom stereocenters. The Bertz CT molecular complexity index is 406. The monoisotopic (exact) mass is 259 g/mol. The summed E-state index contributed by atoms with van der Waals surface area (Å²) in [7, 11) is 0. The number of pyridine rings is 1. The van der Waals surface area contributed by atoms with Crippen LogP contribution in [0.4, 0.5) is 19.0 Å². The van der Waals surface area contributed by atoms with Gasteiger partial charge in [0.2, 0.25) is 0 Å². The molecule has 1 fully saturated rings. The maximum Gasteiger partial charge on any atom is 0.401 e. The Morgan fingerprint density at radius 3 is 2.94 bits per heavy atom. The topological polar surface area (TPSA) is 28.2 Å². The van der Waals surface area contributed by atoms with E-state index < -0.39 is 12.7 Å². The predicted octanol–water partition coefficient (Wildman–Crippen LogP) is 2.44. The molecule has 0 aliphatic carbocycles. The summed E-state index contributed by atoms with van der Waals surface area (Å²) in [6, 6.07) is 3.82. The summed E-state index contributed by atoms with van der Waals surface area (Å²) in [5.41, 5.74) is 1.08. The normalized spacial score (nSPS) is 21.2. The second-order valence-electron chi connectivity index (χ2n) is 4.70. The molecule has 1 saturated heterocycles. The number of anilines is 1. The van der Waals surface area contributed by atoms with Crippen LogP contribution in [0.15, 0.2) is 18.3 Å². The molecule has 6 heteroatoms. The zero-order valence-corrected chi connectivity index (χ0v) is 10.2. The van der Waals surface area contributed by atoms with Gasteiger partial charge in [-0.1, -0.05) is 0 Å². The molecule has 0 bridgehead atoms. The first-order valence-electron chi connectivity index (χ1n) is 5.91. The third kappa shape index (κ3) is 3.87. The minimum atomic E-state index is -4.11. The van der Waals surface area contributed by atoms with E-state index >= 15 is 0 Å². The van der Waals surface area contributed by atoms with Crippen molar-refractivity contribution in [2.24, 2.45) is 0 Å². The average molecular weight is 259 g/mol. The smallest absolute Gasteiger partial charge is 0.366 e. The molecule has 1 aromatic heterocycles. The van der Waals surface area contributed by atoms with Gasteiger partial charge in [0.25, 0.3) is 0 Å². The van der Waals surface area contributed by atoms with Crippen molar-refractivity contribution in [1.29, 1.82) is 0 Å². The third-order valence-corrected chi connectivity index (χ3v) is 2.94. The molecule has 1 aliphatic heterocycles. The molecular weight excluding hydrogens is 243 g/mol. The van der Waals surface area contributed by atoms with E-state index in [4.69, 9.17) is 0 Å². The van der Waals surface area contributed by atoms with E-state index in [0.717, 1.165) is 11.4 Å². The van der Waals surface area contributed by atoms with E-state index in [2.05, 4.69) is 10.3 Å². The maximum absolute atomic E-state index is 12.2. The Kier molecular flexibility index (Phi) is 3.75. The summed E-state index contributed by atoms with van der Waals surface area (Å²) in [5, 5.41) is 3.18. The van der Waals surface area contributed by atoms with Gasteiger partial charge in [-0.15, -0.1) is 0 Å². The minimum absolute atomic E-state index is 0.0432. The Hall–Kier alpha value is -1.30. The standard InChI is InChI=1S/C12H16F3N3/c1-9-2-4-16-11(6-9)17-10-3-5-18(7-10)8-12(13,14)15/h2,4,6,10H,3,5,7-8H2,1H3,(H,16,17). The van der Waals surface area contributed by atoms with Crippen molar-refractivity contribution >= 4 is 5.82 Å². The summed E-state index contributed by atoms with van der Waals surface area (Å²) < 4.78 is 36.7. The van der Waals surface area contributed by atoms with Crippen molar-refractivity contribution in [3.05, 3.63) is 23.9 Å². The zero-order chi connectivity index (χ0) is 13.2. The highest BCUT2D eigenvalue weighted by molar-refractivity contribution is 5.38. The first-order valence-corrected chi connectivity index (χ1v) is 5.91. The molecule has 0 saturated carbocycles.